The van der Waals surface area contributed by atoms with Crippen LogP contribution in [0.15, 0.2) is 48.1 Å². The van der Waals surface area contributed by atoms with E-state index in [1.54, 1.807) is 24.3 Å². The Kier molecular flexibility index (Phi) is 11.3. The van der Waals surface area contributed by atoms with E-state index in [1.165, 1.54) is 5.57 Å². The average Bonchev–Trinajstić information content (AvgIpc) is 2.58. The van der Waals surface area contributed by atoms with E-state index in [2.05, 4.69) is 25.2 Å². The van der Waals surface area contributed by atoms with Gasteiger partial charge in [-0.1, -0.05) is 25.1 Å². The maximum Gasteiger partial charge on any atom is 0.115 e. The topological polar surface area (TPSA) is 20.2 Å². The largest absolute Gasteiger partial charge is 1.00 e. The maximum absolute atomic E-state index is 8.63. The number of aromatic hydroxyl groups is 1. The molecule has 2 rings (SSSR count). The van der Waals surface area contributed by atoms with Crippen molar-refractivity contribution >= 4 is 0 Å². The SMILES string of the molecule is CC1=[C-]CC=C1.Oc1ccccc1.[Cl-].[Ti]. The normalized spacial score (nSPS) is 11.4. The fourth-order valence-electron chi connectivity index (χ4n) is 0.943. The summed E-state index contributed by atoms with van der Waals surface area (Å²) in [5.41, 5.74) is 1.27. The van der Waals surface area contributed by atoms with Crippen molar-refractivity contribution in [3.05, 3.63) is 54.1 Å². The number of halogens is 1. The van der Waals surface area contributed by atoms with Crippen LogP contribution in [-0.4, -0.2) is 5.11 Å². The minimum atomic E-state index is 0. The summed E-state index contributed by atoms with van der Waals surface area (Å²) in [5.74, 6) is 0.322. The van der Waals surface area contributed by atoms with Gasteiger partial charge in [0.25, 0.3) is 0 Å². The first kappa shape index (κ1) is 16.9. The smallest absolute Gasteiger partial charge is 0.115 e. The zero-order valence-corrected chi connectivity index (χ0v) is 10.9. The molecule has 1 aromatic rings. The van der Waals surface area contributed by atoms with Crippen molar-refractivity contribution in [1.82, 2.24) is 0 Å². The van der Waals surface area contributed by atoms with Gasteiger partial charge in [-0.15, -0.1) is 6.42 Å². The Hall–Kier alpha value is -0.496. The Morgan fingerprint density at radius 1 is 1.20 bits per heavy atom. The monoisotopic (exact) mass is 256 g/mol. The molecule has 1 nitrogen and oxygen atoms in total. The van der Waals surface area contributed by atoms with Crippen LogP contribution in [0.25, 0.3) is 0 Å². The van der Waals surface area contributed by atoms with Crippen molar-refractivity contribution in [2.75, 3.05) is 0 Å². The van der Waals surface area contributed by atoms with Gasteiger partial charge >= 0.3 is 0 Å². The molecule has 0 saturated carbocycles. The number of allylic oxidation sites excluding steroid dienone is 4. The first-order valence-corrected chi connectivity index (χ1v) is 4.27. The molecule has 1 aromatic carbocycles. The van der Waals surface area contributed by atoms with Crippen LogP contribution in [0.3, 0.4) is 0 Å². The Balaban J connectivity index is 0. The van der Waals surface area contributed by atoms with E-state index in [9.17, 15) is 0 Å². The molecule has 0 amide bonds. The Bertz CT molecular complexity index is 304. The number of hydrogen-bond acceptors (Lipinski definition) is 1. The molecule has 0 heterocycles. The fourth-order valence-corrected chi connectivity index (χ4v) is 0.943. The van der Waals surface area contributed by atoms with Crippen molar-refractivity contribution in [2.24, 2.45) is 0 Å². The zero-order valence-electron chi connectivity index (χ0n) is 8.57. The molecule has 0 atom stereocenters. The van der Waals surface area contributed by atoms with Gasteiger partial charge in [-0.25, -0.2) is 11.6 Å². The number of phenols is 1. The summed E-state index contributed by atoms with van der Waals surface area (Å²) in [7, 11) is 0. The third-order valence-corrected chi connectivity index (χ3v) is 1.62. The summed E-state index contributed by atoms with van der Waals surface area (Å²) in [6, 6.07) is 8.71. The van der Waals surface area contributed by atoms with E-state index >= 15 is 0 Å². The minimum absolute atomic E-state index is 0. The second kappa shape index (κ2) is 10.0. The Morgan fingerprint density at radius 3 is 2.00 bits per heavy atom. The third-order valence-electron chi connectivity index (χ3n) is 1.62. The molecule has 3 heteroatoms. The first-order valence-electron chi connectivity index (χ1n) is 4.27. The van der Waals surface area contributed by atoms with Crippen LogP contribution < -0.4 is 12.4 Å². The van der Waals surface area contributed by atoms with Crippen molar-refractivity contribution in [3.8, 4) is 5.75 Å². The Labute approximate surface area is 112 Å². The van der Waals surface area contributed by atoms with E-state index in [-0.39, 0.29) is 34.1 Å². The molecule has 15 heavy (non-hydrogen) atoms. The molecule has 0 aliphatic heterocycles. The molecule has 0 saturated heterocycles. The van der Waals surface area contributed by atoms with E-state index in [1.807, 2.05) is 6.07 Å². The molecule has 0 radical (unpaired) electrons. The second-order valence-electron chi connectivity index (χ2n) is 2.80. The third kappa shape index (κ3) is 8.50. The van der Waals surface area contributed by atoms with Gasteiger partial charge in [-0.05, 0) is 12.1 Å². The number of para-hydroxylation sites is 1. The number of benzene rings is 1. The summed E-state index contributed by atoms with van der Waals surface area (Å²) in [6.07, 6.45) is 8.33. The van der Waals surface area contributed by atoms with Crippen LogP contribution in [0.5, 0.6) is 5.75 Å². The molecule has 1 aliphatic carbocycles. The summed E-state index contributed by atoms with van der Waals surface area (Å²) in [4.78, 5) is 0. The van der Waals surface area contributed by atoms with Gasteiger partial charge in [0.2, 0.25) is 0 Å². The van der Waals surface area contributed by atoms with Crippen molar-refractivity contribution in [2.45, 2.75) is 13.3 Å². The molecule has 1 aliphatic rings. The molecule has 1 N–H and O–H groups in total. The van der Waals surface area contributed by atoms with Crippen LogP contribution in [-0.2, 0) is 21.7 Å². The molecular formula is C12H13ClOTi-2. The van der Waals surface area contributed by atoms with Gasteiger partial charge in [0.15, 0.2) is 0 Å². The molecule has 80 valence electrons. The van der Waals surface area contributed by atoms with Gasteiger partial charge in [-0.2, -0.15) is 6.08 Å². The standard InChI is InChI=1S/C6H6O.C6H7.ClH.Ti/c7-6-4-2-1-3-5-6;1-6-4-2-3-5-6;;/h1-5,7H;2,4H,3H2,1H3;1H;/q;-1;;/p-1. The summed E-state index contributed by atoms with van der Waals surface area (Å²) < 4.78 is 0. The number of hydrogen-bond donors (Lipinski definition) is 1. The van der Waals surface area contributed by atoms with Crippen LogP contribution in [0.2, 0.25) is 0 Å². The zero-order chi connectivity index (χ0) is 9.52. The summed E-state index contributed by atoms with van der Waals surface area (Å²) in [5, 5.41) is 8.63. The molecular weight excluding hydrogens is 243 g/mol. The van der Waals surface area contributed by atoms with Gasteiger partial charge in [0, 0.05) is 21.7 Å². The van der Waals surface area contributed by atoms with Gasteiger partial charge in [0.05, 0.1) is 0 Å². The van der Waals surface area contributed by atoms with Crippen LogP contribution in [0, 0.1) is 6.08 Å². The maximum atomic E-state index is 8.63. The number of phenolic OH excluding ortho intramolecular Hbond substituents is 1. The molecule has 0 unspecified atom stereocenters. The minimum Gasteiger partial charge on any atom is -1.00 e. The van der Waals surface area contributed by atoms with E-state index in [0.717, 1.165) is 6.42 Å². The Morgan fingerprint density at radius 2 is 1.80 bits per heavy atom. The van der Waals surface area contributed by atoms with Gasteiger partial charge in [0.1, 0.15) is 5.75 Å². The van der Waals surface area contributed by atoms with Crippen molar-refractivity contribution in [3.63, 3.8) is 0 Å². The fraction of sp³-hybridized carbons (Fsp3) is 0.167. The van der Waals surface area contributed by atoms with E-state index in [0.29, 0.717) is 5.75 Å². The first-order chi connectivity index (χ1) is 6.29. The van der Waals surface area contributed by atoms with Crippen LogP contribution in [0.1, 0.15) is 13.3 Å². The van der Waals surface area contributed by atoms with Crippen LogP contribution in [0.4, 0.5) is 0 Å². The van der Waals surface area contributed by atoms with E-state index < -0.39 is 0 Å². The van der Waals surface area contributed by atoms with Gasteiger partial charge in [-0.3, -0.25) is 6.08 Å². The summed E-state index contributed by atoms with van der Waals surface area (Å²) >= 11 is 0. The van der Waals surface area contributed by atoms with E-state index in [4.69, 9.17) is 5.11 Å². The van der Waals surface area contributed by atoms with Crippen LogP contribution >= 0.6 is 0 Å². The van der Waals surface area contributed by atoms with Crippen molar-refractivity contribution in [1.29, 1.82) is 0 Å². The number of rotatable bonds is 0. The van der Waals surface area contributed by atoms with Crippen molar-refractivity contribution < 1.29 is 39.2 Å². The summed E-state index contributed by atoms with van der Waals surface area (Å²) in [6.45, 7) is 2.06. The average molecular weight is 257 g/mol. The molecule has 0 bridgehead atoms. The predicted molar refractivity (Wildman–Crippen MR) is 54.3 cm³/mol. The van der Waals surface area contributed by atoms with Gasteiger partial charge < -0.3 is 17.5 Å². The second-order valence-corrected chi connectivity index (χ2v) is 2.80. The quantitative estimate of drug-likeness (QED) is 0.515. The molecule has 0 spiro atoms. The predicted octanol–water partition coefficient (Wildman–Crippen LogP) is 0.0895. The molecule has 0 fully saturated rings. The molecule has 0 aromatic heterocycles.